The number of carbonyl (C=O) groups excluding carboxylic acids is 2. The van der Waals surface area contributed by atoms with Crippen molar-refractivity contribution >= 4 is 11.8 Å². The van der Waals surface area contributed by atoms with Crippen LogP contribution in [0, 0.1) is 23.5 Å². The van der Waals surface area contributed by atoms with Crippen LogP contribution in [0.5, 0.6) is 11.5 Å². The van der Waals surface area contributed by atoms with Gasteiger partial charge in [-0.1, -0.05) is 76.2 Å². The van der Waals surface area contributed by atoms with E-state index in [1.54, 1.807) is 31.3 Å². The Bertz CT molecular complexity index is 1960. The lowest BCUT2D eigenvalue weighted by Crippen LogP contribution is -2.53. The number of aryl methyl sites for hydroxylation is 2. The van der Waals surface area contributed by atoms with Gasteiger partial charge in [-0.15, -0.1) is 0 Å². The smallest absolute Gasteiger partial charge is 0.223 e. The molecule has 342 valence electrons. The molecule has 0 saturated carbocycles. The first-order valence-electron chi connectivity index (χ1n) is 22.9. The number of nitrogens with zero attached hydrogens (tertiary/aromatic N) is 4. The SMILES string of the molecule is CC(C)COc1ccc(CCC(=O)N(Cc2ccc(F)cc2)C2CCN(C)CC2)cc1.CC(C)COc1ccc(CCC(=O)N(Cc2ccc(F)cc2)C2CC[N+](C)(O)CC2)cc1. The molecule has 0 spiro atoms. The summed E-state index contributed by atoms with van der Waals surface area (Å²) >= 11 is 0. The molecule has 2 heterocycles. The van der Waals surface area contributed by atoms with Gasteiger partial charge in [0.15, 0.2) is 0 Å². The first-order valence-corrected chi connectivity index (χ1v) is 22.9. The van der Waals surface area contributed by atoms with E-state index >= 15 is 0 Å². The van der Waals surface area contributed by atoms with Crippen molar-refractivity contribution < 1.29 is 37.7 Å². The van der Waals surface area contributed by atoms with Gasteiger partial charge in [0.2, 0.25) is 11.8 Å². The second-order valence-electron chi connectivity index (χ2n) is 18.5. The van der Waals surface area contributed by atoms with Gasteiger partial charge in [0.1, 0.15) is 36.2 Å². The molecule has 63 heavy (non-hydrogen) atoms. The van der Waals surface area contributed by atoms with E-state index in [0.717, 1.165) is 72.5 Å². The summed E-state index contributed by atoms with van der Waals surface area (Å²) in [6.07, 6.45) is 5.70. The Balaban J connectivity index is 0.000000238. The fourth-order valence-electron chi connectivity index (χ4n) is 7.96. The summed E-state index contributed by atoms with van der Waals surface area (Å²) in [7, 11) is 3.92. The molecule has 11 heteroatoms. The summed E-state index contributed by atoms with van der Waals surface area (Å²) in [4.78, 5) is 32.7. The highest BCUT2D eigenvalue weighted by molar-refractivity contribution is 5.77. The molecule has 4 aromatic rings. The van der Waals surface area contributed by atoms with Crippen molar-refractivity contribution in [2.24, 2.45) is 11.8 Å². The van der Waals surface area contributed by atoms with Gasteiger partial charge in [-0.3, -0.25) is 9.59 Å². The van der Waals surface area contributed by atoms with E-state index in [1.807, 2.05) is 58.3 Å². The standard InChI is InChI=1S/C26H36FN2O3.C26H35FN2O2/c1-20(2)19-32-25-11-6-21(7-12-25)8-13-26(30)28(18-22-4-9-23(27)10-5-22)24-14-16-29(3,31)17-15-24;1-20(2)19-31-25-11-6-21(7-12-25)8-13-26(30)29(24-14-16-28(3)17-15-24)18-22-4-9-23(27)10-5-22/h4-7,9-12,20,24,31H,8,13-19H2,1-3H3;4-7,9-12,20,24H,8,13-19H2,1-3H3/q+1;. The number of piperidine rings is 2. The monoisotopic (exact) mass is 870 g/mol. The summed E-state index contributed by atoms with van der Waals surface area (Å²) in [5, 5.41) is 10.3. The first-order chi connectivity index (χ1) is 30.1. The molecule has 0 radical (unpaired) electrons. The summed E-state index contributed by atoms with van der Waals surface area (Å²) in [5.74, 6) is 2.41. The molecule has 2 fully saturated rings. The number of halogens is 2. The van der Waals surface area contributed by atoms with Crippen LogP contribution < -0.4 is 9.47 Å². The van der Waals surface area contributed by atoms with E-state index < -0.39 is 0 Å². The Morgan fingerprint density at radius 3 is 1.33 bits per heavy atom. The van der Waals surface area contributed by atoms with Crippen molar-refractivity contribution in [1.82, 2.24) is 14.7 Å². The number of amides is 2. The highest BCUT2D eigenvalue weighted by Gasteiger charge is 2.34. The number of rotatable bonds is 18. The number of likely N-dealkylation sites (tertiary alicyclic amines) is 2. The minimum absolute atomic E-state index is 0.000305. The normalized spacial score (nSPS) is 18.1. The minimum Gasteiger partial charge on any atom is -0.493 e. The number of hydrogen-bond donors (Lipinski definition) is 1. The van der Waals surface area contributed by atoms with Gasteiger partial charge in [-0.05, 0) is 128 Å². The van der Waals surface area contributed by atoms with Crippen LogP contribution in [0.4, 0.5) is 8.78 Å². The summed E-state index contributed by atoms with van der Waals surface area (Å²) in [6.45, 7) is 14.1. The zero-order valence-corrected chi connectivity index (χ0v) is 38.5. The number of benzene rings is 4. The van der Waals surface area contributed by atoms with Crippen LogP contribution in [0.25, 0.3) is 0 Å². The van der Waals surface area contributed by atoms with Crippen LogP contribution in [-0.2, 0) is 35.5 Å². The van der Waals surface area contributed by atoms with Crippen molar-refractivity contribution in [3.63, 3.8) is 0 Å². The van der Waals surface area contributed by atoms with Crippen molar-refractivity contribution in [1.29, 1.82) is 0 Å². The maximum absolute atomic E-state index is 13.3. The Morgan fingerprint density at radius 1 is 0.619 bits per heavy atom. The zero-order chi connectivity index (χ0) is 45.4. The molecule has 2 saturated heterocycles. The molecule has 2 aliphatic rings. The van der Waals surface area contributed by atoms with E-state index in [4.69, 9.17) is 9.47 Å². The maximum Gasteiger partial charge on any atom is 0.223 e. The van der Waals surface area contributed by atoms with E-state index in [-0.39, 0.29) is 40.2 Å². The van der Waals surface area contributed by atoms with Gasteiger partial charge in [0.05, 0.1) is 20.3 Å². The summed E-state index contributed by atoms with van der Waals surface area (Å²) in [5.41, 5.74) is 4.12. The number of carbonyl (C=O) groups is 2. The molecule has 4 aromatic carbocycles. The molecular weight excluding hydrogens is 799 g/mol. The lowest BCUT2D eigenvalue weighted by atomic mass is 10.0. The molecule has 9 nitrogen and oxygen atoms in total. The third-order valence-electron chi connectivity index (χ3n) is 11.9. The van der Waals surface area contributed by atoms with Gasteiger partial charge < -0.3 is 24.2 Å². The number of quaternary nitrogens is 1. The molecule has 0 atom stereocenters. The number of ether oxygens (including phenoxy) is 2. The third-order valence-corrected chi connectivity index (χ3v) is 11.9. The van der Waals surface area contributed by atoms with Gasteiger partial charge in [-0.25, -0.2) is 14.0 Å². The van der Waals surface area contributed by atoms with E-state index in [9.17, 15) is 23.6 Å². The second-order valence-corrected chi connectivity index (χ2v) is 18.5. The molecule has 2 aliphatic heterocycles. The molecule has 0 aliphatic carbocycles. The predicted molar refractivity (Wildman–Crippen MR) is 245 cm³/mol. The van der Waals surface area contributed by atoms with Gasteiger partial charge >= 0.3 is 0 Å². The van der Waals surface area contributed by atoms with Crippen molar-refractivity contribution in [3.8, 4) is 11.5 Å². The molecule has 0 aromatic heterocycles. The second kappa shape index (κ2) is 24.3. The topological polar surface area (TPSA) is 82.6 Å². The Hall–Kier alpha value is -4.84. The Kier molecular flexibility index (Phi) is 19.0. The first kappa shape index (κ1) is 49.2. The van der Waals surface area contributed by atoms with Crippen molar-refractivity contribution in [2.75, 3.05) is 53.5 Å². The maximum atomic E-state index is 13.3. The lowest BCUT2D eigenvalue weighted by molar-refractivity contribution is -1.09. The quantitative estimate of drug-likeness (QED) is 0.100. The molecular formula is C52H71F2N4O5+. The zero-order valence-electron chi connectivity index (χ0n) is 38.5. The predicted octanol–water partition coefficient (Wildman–Crippen LogP) is 9.74. The van der Waals surface area contributed by atoms with E-state index in [1.165, 1.54) is 24.3 Å². The Labute approximate surface area is 375 Å². The molecule has 6 rings (SSSR count). The fourth-order valence-corrected chi connectivity index (χ4v) is 7.96. The highest BCUT2D eigenvalue weighted by Crippen LogP contribution is 2.25. The summed E-state index contributed by atoms with van der Waals surface area (Å²) < 4.78 is 38.1. The highest BCUT2D eigenvalue weighted by atomic mass is 19.1. The molecule has 0 unspecified atom stereocenters. The lowest BCUT2D eigenvalue weighted by Gasteiger charge is -2.39. The van der Waals surface area contributed by atoms with Crippen LogP contribution in [0.15, 0.2) is 97.1 Å². The van der Waals surface area contributed by atoms with Crippen LogP contribution in [0.3, 0.4) is 0 Å². The average molecular weight is 870 g/mol. The van der Waals surface area contributed by atoms with Gasteiger partial charge in [0.25, 0.3) is 0 Å². The molecule has 1 N–H and O–H groups in total. The van der Waals surface area contributed by atoms with E-state index in [0.29, 0.717) is 76.9 Å². The third kappa shape index (κ3) is 17.0. The number of hydrogen-bond acceptors (Lipinski definition) is 6. The largest absolute Gasteiger partial charge is 0.493 e. The summed E-state index contributed by atoms with van der Waals surface area (Å²) in [6, 6.07) is 29.2. The van der Waals surface area contributed by atoms with Crippen LogP contribution >= 0.6 is 0 Å². The fraction of sp³-hybridized carbons (Fsp3) is 0.500. The van der Waals surface area contributed by atoms with Crippen molar-refractivity contribution in [3.05, 3.63) is 131 Å². The molecule has 0 bridgehead atoms. The van der Waals surface area contributed by atoms with Crippen LogP contribution in [0.1, 0.15) is 88.5 Å². The van der Waals surface area contributed by atoms with Crippen LogP contribution in [-0.4, -0.2) is 102 Å². The molecule has 2 amide bonds. The number of hydroxylamine groups is 3. The minimum atomic E-state index is -0.279. The Morgan fingerprint density at radius 2 is 0.968 bits per heavy atom. The van der Waals surface area contributed by atoms with Gasteiger partial charge in [-0.2, -0.15) is 4.65 Å². The average Bonchev–Trinajstić information content (AvgIpc) is 3.27. The van der Waals surface area contributed by atoms with Crippen LogP contribution in [0.2, 0.25) is 0 Å². The van der Waals surface area contributed by atoms with E-state index in [2.05, 4.69) is 39.6 Å². The van der Waals surface area contributed by atoms with Crippen molar-refractivity contribution in [2.45, 2.75) is 104 Å². The van der Waals surface area contributed by atoms with Gasteiger partial charge in [0, 0.05) is 50.9 Å².